The molecule has 1 aliphatic rings. The first-order valence-electron chi connectivity index (χ1n) is 11.0. The van der Waals surface area contributed by atoms with Gasteiger partial charge < -0.3 is 37.8 Å². The Morgan fingerprint density at radius 3 is 2.39 bits per heavy atom. The Balaban J connectivity index is 2.94. The third-order valence-electron chi connectivity index (χ3n) is 5.25. The van der Waals surface area contributed by atoms with Crippen LogP contribution >= 0.6 is 12.6 Å². The molecule has 1 heterocycles. The highest BCUT2D eigenvalue weighted by atomic mass is 32.1. The maximum Gasteiger partial charge on any atom is 0.326 e. The number of aliphatic imine (C=N–C) groups is 1. The summed E-state index contributed by atoms with van der Waals surface area (Å²) in [6.45, 7) is 4.31. The van der Waals surface area contributed by atoms with Gasteiger partial charge in [0.15, 0.2) is 5.96 Å². The zero-order valence-corrected chi connectivity index (χ0v) is 20.1. The lowest BCUT2D eigenvalue weighted by Crippen LogP contribution is -2.56. The summed E-state index contributed by atoms with van der Waals surface area (Å²) >= 11 is 4.04. The second-order valence-corrected chi connectivity index (χ2v) is 8.88. The summed E-state index contributed by atoms with van der Waals surface area (Å²) in [5.74, 6) is -2.56. The summed E-state index contributed by atoms with van der Waals surface area (Å²) in [6, 6.07) is -3.69. The number of hydrogen-bond acceptors (Lipinski definition) is 7. The molecule has 0 saturated carbocycles. The van der Waals surface area contributed by atoms with E-state index in [4.69, 9.17) is 17.2 Å². The molecule has 0 aromatic carbocycles. The number of carboxylic acids is 1. The van der Waals surface area contributed by atoms with Crippen molar-refractivity contribution in [3.63, 3.8) is 0 Å². The SMILES string of the molecule is CC(C)CC(NC(=O)C(CCCN=C(N)N)NC(=O)C1CCCN1C(=O)C(N)CS)C(=O)O. The Morgan fingerprint density at radius 1 is 1.18 bits per heavy atom. The van der Waals surface area contributed by atoms with Crippen LogP contribution in [-0.4, -0.2) is 82.7 Å². The maximum absolute atomic E-state index is 13.0. The molecule has 12 nitrogen and oxygen atoms in total. The first-order valence-corrected chi connectivity index (χ1v) is 11.7. The van der Waals surface area contributed by atoms with Gasteiger partial charge in [-0.05, 0) is 38.0 Å². The van der Waals surface area contributed by atoms with Crippen LogP contribution in [0.2, 0.25) is 0 Å². The van der Waals surface area contributed by atoms with E-state index >= 15 is 0 Å². The molecule has 33 heavy (non-hydrogen) atoms. The number of nitrogens with one attached hydrogen (secondary N) is 2. The Morgan fingerprint density at radius 2 is 1.85 bits per heavy atom. The summed E-state index contributed by atoms with van der Waals surface area (Å²) < 4.78 is 0. The molecule has 1 saturated heterocycles. The van der Waals surface area contributed by atoms with E-state index < -0.39 is 42.0 Å². The van der Waals surface area contributed by atoms with Gasteiger partial charge in [0.05, 0.1) is 6.04 Å². The summed E-state index contributed by atoms with van der Waals surface area (Å²) in [7, 11) is 0. The van der Waals surface area contributed by atoms with Gasteiger partial charge in [-0.25, -0.2) is 4.79 Å². The molecule has 3 amide bonds. The Kier molecular flexibility index (Phi) is 12.0. The summed E-state index contributed by atoms with van der Waals surface area (Å²) in [5, 5.41) is 14.6. The van der Waals surface area contributed by atoms with Gasteiger partial charge in [0, 0.05) is 18.8 Å². The number of thiol groups is 1. The molecule has 0 aromatic rings. The molecule has 188 valence electrons. The van der Waals surface area contributed by atoms with Crippen molar-refractivity contribution in [2.24, 2.45) is 28.1 Å². The zero-order valence-electron chi connectivity index (χ0n) is 19.2. The molecule has 0 radical (unpaired) electrons. The van der Waals surface area contributed by atoms with E-state index in [1.807, 2.05) is 13.8 Å². The predicted molar refractivity (Wildman–Crippen MR) is 127 cm³/mol. The number of hydrogen-bond donors (Lipinski definition) is 7. The zero-order chi connectivity index (χ0) is 25.1. The van der Waals surface area contributed by atoms with Gasteiger partial charge in [-0.2, -0.15) is 12.6 Å². The second-order valence-electron chi connectivity index (χ2n) is 8.52. The number of nitrogens with zero attached hydrogens (tertiary/aromatic N) is 2. The number of aliphatic carboxylic acids is 1. The molecule has 0 bridgehead atoms. The number of amides is 3. The predicted octanol–water partition coefficient (Wildman–Crippen LogP) is -1.61. The fourth-order valence-electron chi connectivity index (χ4n) is 3.60. The standard InChI is InChI=1S/C20H37N7O5S/c1-11(2)9-14(19(31)32)26-16(28)13(5-3-7-24-20(22)23)25-17(29)15-6-4-8-27(15)18(30)12(21)10-33/h11-15,33H,3-10,21H2,1-2H3,(H,25,29)(H,26,28)(H,31,32)(H4,22,23,24). The van der Waals surface area contributed by atoms with Crippen LogP contribution in [-0.2, 0) is 19.2 Å². The lowest BCUT2D eigenvalue weighted by Gasteiger charge is -2.28. The van der Waals surface area contributed by atoms with Gasteiger partial charge >= 0.3 is 5.97 Å². The van der Waals surface area contributed by atoms with E-state index in [9.17, 15) is 24.3 Å². The minimum absolute atomic E-state index is 0.0374. The molecule has 4 unspecified atom stereocenters. The number of carboxylic acid groups (broad SMARTS) is 1. The van der Waals surface area contributed by atoms with E-state index in [1.54, 1.807) is 0 Å². The van der Waals surface area contributed by atoms with Crippen molar-refractivity contribution in [1.82, 2.24) is 15.5 Å². The Hall–Kier alpha value is -2.54. The van der Waals surface area contributed by atoms with Crippen LogP contribution in [0.5, 0.6) is 0 Å². The molecule has 9 N–H and O–H groups in total. The van der Waals surface area contributed by atoms with E-state index in [0.29, 0.717) is 25.8 Å². The highest BCUT2D eigenvalue weighted by molar-refractivity contribution is 7.80. The van der Waals surface area contributed by atoms with E-state index in [1.165, 1.54) is 4.90 Å². The lowest BCUT2D eigenvalue weighted by molar-refractivity contribution is -0.143. The number of carbonyl (C=O) groups excluding carboxylic acids is 3. The van der Waals surface area contributed by atoms with Gasteiger partial charge in [0.25, 0.3) is 0 Å². The number of carbonyl (C=O) groups is 4. The first kappa shape index (κ1) is 28.5. The second kappa shape index (κ2) is 13.9. The van der Waals surface area contributed by atoms with E-state index in [2.05, 4.69) is 28.3 Å². The van der Waals surface area contributed by atoms with Crippen molar-refractivity contribution in [3.05, 3.63) is 0 Å². The molecule has 4 atom stereocenters. The Bertz CT molecular complexity index is 730. The Labute approximate surface area is 199 Å². The number of nitrogens with two attached hydrogens (primary N) is 3. The fourth-order valence-corrected chi connectivity index (χ4v) is 3.76. The minimum atomic E-state index is -1.16. The number of guanidine groups is 1. The normalized spacial score (nSPS) is 18.3. The molecular formula is C20H37N7O5S. The molecule has 1 rings (SSSR count). The fraction of sp³-hybridized carbons (Fsp3) is 0.750. The van der Waals surface area contributed by atoms with Crippen molar-refractivity contribution in [3.8, 4) is 0 Å². The highest BCUT2D eigenvalue weighted by Crippen LogP contribution is 2.19. The van der Waals surface area contributed by atoms with Crippen LogP contribution in [0.3, 0.4) is 0 Å². The average molecular weight is 488 g/mol. The molecule has 1 fully saturated rings. The lowest BCUT2D eigenvalue weighted by atomic mass is 10.0. The molecule has 1 aliphatic heterocycles. The average Bonchev–Trinajstić information content (AvgIpc) is 3.23. The summed E-state index contributed by atoms with van der Waals surface area (Å²) in [6.07, 6.45) is 1.85. The summed E-state index contributed by atoms with van der Waals surface area (Å²) in [5.41, 5.74) is 16.4. The molecular weight excluding hydrogens is 450 g/mol. The first-order chi connectivity index (χ1) is 15.5. The van der Waals surface area contributed by atoms with Crippen LogP contribution in [0.4, 0.5) is 0 Å². The molecule has 13 heteroatoms. The summed E-state index contributed by atoms with van der Waals surface area (Å²) in [4.78, 5) is 55.2. The largest absolute Gasteiger partial charge is 0.480 e. The monoisotopic (exact) mass is 487 g/mol. The quantitative estimate of drug-likeness (QED) is 0.0694. The van der Waals surface area contributed by atoms with Crippen LogP contribution in [0.15, 0.2) is 4.99 Å². The van der Waals surface area contributed by atoms with E-state index in [0.717, 1.165) is 0 Å². The van der Waals surface area contributed by atoms with Crippen molar-refractivity contribution >= 4 is 42.3 Å². The smallest absolute Gasteiger partial charge is 0.326 e. The van der Waals surface area contributed by atoms with E-state index in [-0.39, 0.29) is 42.9 Å². The molecule has 0 spiro atoms. The van der Waals surface area contributed by atoms with Gasteiger partial charge in [0.2, 0.25) is 17.7 Å². The minimum Gasteiger partial charge on any atom is -0.480 e. The molecule has 0 aliphatic carbocycles. The van der Waals surface area contributed by atoms with Crippen molar-refractivity contribution in [2.75, 3.05) is 18.8 Å². The van der Waals surface area contributed by atoms with Crippen LogP contribution in [0, 0.1) is 5.92 Å². The van der Waals surface area contributed by atoms with Crippen molar-refractivity contribution in [2.45, 2.75) is 70.1 Å². The van der Waals surface area contributed by atoms with Crippen LogP contribution < -0.4 is 27.8 Å². The van der Waals surface area contributed by atoms with Gasteiger partial charge in [-0.15, -0.1) is 0 Å². The maximum atomic E-state index is 13.0. The third kappa shape index (κ3) is 9.46. The van der Waals surface area contributed by atoms with Gasteiger partial charge in [-0.3, -0.25) is 19.4 Å². The van der Waals surface area contributed by atoms with Crippen molar-refractivity contribution in [1.29, 1.82) is 0 Å². The van der Waals surface area contributed by atoms with Gasteiger partial charge in [0.1, 0.15) is 18.1 Å². The molecule has 0 aromatic heterocycles. The number of likely N-dealkylation sites (tertiary alicyclic amines) is 1. The third-order valence-corrected chi connectivity index (χ3v) is 5.65. The van der Waals surface area contributed by atoms with Crippen LogP contribution in [0.25, 0.3) is 0 Å². The van der Waals surface area contributed by atoms with Gasteiger partial charge in [-0.1, -0.05) is 13.8 Å². The van der Waals surface area contributed by atoms with Crippen LogP contribution in [0.1, 0.15) is 46.0 Å². The van der Waals surface area contributed by atoms with Crippen molar-refractivity contribution < 1.29 is 24.3 Å². The topological polar surface area (TPSA) is 206 Å². The number of rotatable bonds is 13. The highest BCUT2D eigenvalue weighted by Gasteiger charge is 2.37.